The zero-order chi connectivity index (χ0) is 16.7. The molecule has 2 aromatic carbocycles. The Kier molecular flexibility index (Phi) is 6.44. The van der Waals surface area contributed by atoms with Gasteiger partial charge in [0.2, 0.25) is 0 Å². The smallest absolute Gasteiger partial charge is 0.255 e. The van der Waals surface area contributed by atoms with Crippen molar-refractivity contribution in [1.29, 1.82) is 0 Å². The highest BCUT2D eigenvalue weighted by Crippen LogP contribution is 2.22. The predicted octanol–water partition coefficient (Wildman–Crippen LogP) is 4.53. The summed E-state index contributed by atoms with van der Waals surface area (Å²) in [7, 11) is 1.60. The van der Waals surface area contributed by atoms with Gasteiger partial charge in [-0.1, -0.05) is 18.5 Å². The number of rotatable bonds is 7. The van der Waals surface area contributed by atoms with Gasteiger partial charge in [-0.15, -0.1) is 0 Å². The summed E-state index contributed by atoms with van der Waals surface area (Å²) in [5.41, 5.74) is 2.10. The van der Waals surface area contributed by atoms with Crippen molar-refractivity contribution in [2.45, 2.75) is 20.0 Å². The minimum Gasteiger partial charge on any atom is -0.496 e. The lowest BCUT2D eigenvalue weighted by atomic mass is 10.1. The molecule has 4 nitrogen and oxygen atoms in total. The van der Waals surface area contributed by atoms with Crippen LogP contribution in [0.1, 0.15) is 29.3 Å². The summed E-state index contributed by atoms with van der Waals surface area (Å²) >= 11 is 5.84. The molecule has 2 aromatic rings. The van der Waals surface area contributed by atoms with Gasteiger partial charge in [0.25, 0.3) is 5.91 Å². The van der Waals surface area contributed by atoms with Crippen molar-refractivity contribution < 1.29 is 14.3 Å². The number of benzene rings is 2. The molecule has 23 heavy (non-hydrogen) atoms. The monoisotopic (exact) mass is 333 g/mol. The van der Waals surface area contributed by atoms with Crippen molar-refractivity contribution >= 4 is 23.2 Å². The molecule has 0 aliphatic heterocycles. The van der Waals surface area contributed by atoms with Gasteiger partial charge in [0.05, 0.1) is 13.7 Å². The molecule has 0 fully saturated rings. The highest BCUT2D eigenvalue weighted by Gasteiger charge is 2.11. The van der Waals surface area contributed by atoms with Gasteiger partial charge < -0.3 is 14.8 Å². The highest BCUT2D eigenvalue weighted by atomic mass is 35.5. The van der Waals surface area contributed by atoms with Crippen LogP contribution >= 0.6 is 11.6 Å². The van der Waals surface area contributed by atoms with Crippen LogP contribution in [0.5, 0.6) is 5.75 Å². The third-order valence-electron chi connectivity index (χ3n) is 3.25. The zero-order valence-electron chi connectivity index (χ0n) is 13.3. The lowest BCUT2D eigenvalue weighted by Gasteiger charge is -2.11. The molecule has 0 heterocycles. The quantitative estimate of drug-likeness (QED) is 0.757. The number of hydrogen-bond acceptors (Lipinski definition) is 3. The van der Waals surface area contributed by atoms with Crippen LogP contribution in [-0.4, -0.2) is 19.6 Å². The largest absolute Gasteiger partial charge is 0.496 e. The van der Waals surface area contributed by atoms with Gasteiger partial charge in [0.15, 0.2) is 0 Å². The molecule has 0 aliphatic rings. The van der Waals surface area contributed by atoms with Crippen LogP contribution in [0.2, 0.25) is 5.02 Å². The maximum atomic E-state index is 12.4. The Morgan fingerprint density at radius 2 is 1.91 bits per heavy atom. The Morgan fingerprint density at radius 3 is 2.57 bits per heavy atom. The zero-order valence-corrected chi connectivity index (χ0v) is 14.0. The molecule has 1 N–H and O–H groups in total. The van der Waals surface area contributed by atoms with E-state index in [1.807, 2.05) is 6.92 Å². The van der Waals surface area contributed by atoms with Gasteiger partial charge in [0, 0.05) is 28.4 Å². The van der Waals surface area contributed by atoms with E-state index in [4.69, 9.17) is 21.1 Å². The summed E-state index contributed by atoms with van der Waals surface area (Å²) in [5, 5.41) is 3.47. The SMILES string of the molecule is CCCOCc1cc(C(=O)Nc2ccc(Cl)cc2)ccc1OC. The summed E-state index contributed by atoms with van der Waals surface area (Å²) in [6.45, 7) is 3.14. The molecule has 0 atom stereocenters. The van der Waals surface area contributed by atoms with E-state index in [0.29, 0.717) is 35.2 Å². The summed E-state index contributed by atoms with van der Waals surface area (Å²) < 4.78 is 10.9. The van der Waals surface area contributed by atoms with E-state index in [-0.39, 0.29) is 5.91 Å². The lowest BCUT2D eigenvalue weighted by molar-refractivity contribution is 0.102. The predicted molar refractivity (Wildman–Crippen MR) is 92.3 cm³/mol. The second-order valence-corrected chi connectivity index (χ2v) is 5.48. The Labute approximate surface area is 141 Å². The molecule has 0 saturated heterocycles. The number of nitrogens with one attached hydrogen (secondary N) is 1. The van der Waals surface area contributed by atoms with Crippen LogP contribution in [0.25, 0.3) is 0 Å². The fraction of sp³-hybridized carbons (Fsp3) is 0.278. The molecule has 5 heteroatoms. The van der Waals surface area contributed by atoms with E-state index in [0.717, 1.165) is 12.0 Å². The van der Waals surface area contributed by atoms with Gasteiger partial charge in [-0.3, -0.25) is 4.79 Å². The molecule has 122 valence electrons. The number of carbonyl (C=O) groups excluding carboxylic acids is 1. The fourth-order valence-electron chi connectivity index (χ4n) is 2.10. The first-order chi connectivity index (χ1) is 11.1. The van der Waals surface area contributed by atoms with Crippen molar-refractivity contribution in [3.8, 4) is 5.75 Å². The van der Waals surface area contributed by atoms with Crippen LogP contribution in [0.4, 0.5) is 5.69 Å². The lowest BCUT2D eigenvalue weighted by Crippen LogP contribution is -2.12. The number of anilines is 1. The number of amides is 1. The van der Waals surface area contributed by atoms with E-state index in [1.54, 1.807) is 49.6 Å². The summed E-state index contributed by atoms with van der Waals surface area (Å²) in [6.07, 6.45) is 0.944. The third kappa shape index (κ3) is 4.98. The van der Waals surface area contributed by atoms with Gasteiger partial charge in [-0.2, -0.15) is 0 Å². The molecule has 0 spiro atoms. The van der Waals surface area contributed by atoms with Crippen molar-refractivity contribution in [1.82, 2.24) is 0 Å². The van der Waals surface area contributed by atoms with E-state index in [9.17, 15) is 4.79 Å². The maximum absolute atomic E-state index is 12.4. The molecule has 1 amide bonds. The Morgan fingerprint density at radius 1 is 1.17 bits per heavy atom. The van der Waals surface area contributed by atoms with Crippen molar-refractivity contribution in [3.05, 3.63) is 58.6 Å². The van der Waals surface area contributed by atoms with Crippen LogP contribution < -0.4 is 10.1 Å². The van der Waals surface area contributed by atoms with Crippen molar-refractivity contribution in [2.24, 2.45) is 0 Å². The average molecular weight is 334 g/mol. The topological polar surface area (TPSA) is 47.6 Å². The van der Waals surface area contributed by atoms with Gasteiger partial charge in [-0.25, -0.2) is 0 Å². The fourth-order valence-corrected chi connectivity index (χ4v) is 2.22. The second kappa shape index (κ2) is 8.56. The Balaban J connectivity index is 2.12. The summed E-state index contributed by atoms with van der Waals surface area (Å²) in [4.78, 5) is 12.4. The average Bonchev–Trinajstić information content (AvgIpc) is 2.57. The molecule has 0 unspecified atom stereocenters. The van der Waals surface area contributed by atoms with E-state index >= 15 is 0 Å². The minimum absolute atomic E-state index is 0.188. The number of methoxy groups -OCH3 is 1. The molecule has 0 aromatic heterocycles. The first kappa shape index (κ1) is 17.3. The molecule has 2 rings (SSSR count). The van der Waals surface area contributed by atoms with Crippen molar-refractivity contribution in [2.75, 3.05) is 19.0 Å². The van der Waals surface area contributed by atoms with Gasteiger partial charge in [0.1, 0.15) is 5.75 Å². The number of hydrogen-bond donors (Lipinski definition) is 1. The first-order valence-electron chi connectivity index (χ1n) is 7.45. The summed E-state index contributed by atoms with van der Waals surface area (Å²) in [5.74, 6) is 0.524. The number of halogens is 1. The second-order valence-electron chi connectivity index (χ2n) is 5.04. The van der Waals surface area contributed by atoms with Crippen LogP contribution in [-0.2, 0) is 11.3 Å². The molecule has 0 aliphatic carbocycles. The molecule has 0 bridgehead atoms. The van der Waals surface area contributed by atoms with E-state index in [1.165, 1.54) is 0 Å². The first-order valence-corrected chi connectivity index (χ1v) is 7.83. The minimum atomic E-state index is -0.188. The van der Waals surface area contributed by atoms with Gasteiger partial charge >= 0.3 is 0 Å². The third-order valence-corrected chi connectivity index (χ3v) is 3.50. The normalized spacial score (nSPS) is 10.4. The summed E-state index contributed by atoms with van der Waals surface area (Å²) in [6, 6.07) is 12.3. The van der Waals surface area contributed by atoms with E-state index < -0.39 is 0 Å². The number of ether oxygens (including phenoxy) is 2. The van der Waals surface area contributed by atoms with Crippen LogP contribution in [0, 0.1) is 0 Å². The molecular formula is C18H20ClNO3. The van der Waals surface area contributed by atoms with Crippen LogP contribution in [0.3, 0.4) is 0 Å². The standard InChI is InChI=1S/C18H20ClNO3/c1-3-10-23-12-14-11-13(4-9-17(14)22-2)18(21)20-16-7-5-15(19)6-8-16/h4-9,11H,3,10,12H2,1-2H3,(H,20,21). The van der Waals surface area contributed by atoms with Gasteiger partial charge in [-0.05, 0) is 48.9 Å². The van der Waals surface area contributed by atoms with Crippen molar-refractivity contribution in [3.63, 3.8) is 0 Å². The van der Waals surface area contributed by atoms with Crippen LogP contribution in [0.15, 0.2) is 42.5 Å². The Bertz CT molecular complexity index is 656. The maximum Gasteiger partial charge on any atom is 0.255 e. The Hall–Kier alpha value is -2.04. The molecule has 0 saturated carbocycles. The molecular weight excluding hydrogens is 314 g/mol. The molecule has 0 radical (unpaired) electrons. The highest BCUT2D eigenvalue weighted by molar-refractivity contribution is 6.30. The number of carbonyl (C=O) groups is 1. The van der Waals surface area contributed by atoms with E-state index in [2.05, 4.69) is 5.32 Å².